The maximum atomic E-state index is 14.3. The third kappa shape index (κ3) is 4.98. The summed E-state index contributed by atoms with van der Waals surface area (Å²) in [6.45, 7) is 1.08. The predicted octanol–water partition coefficient (Wildman–Crippen LogP) is 4.48. The molecule has 3 aromatic heterocycles. The number of halogens is 2. The van der Waals surface area contributed by atoms with Crippen molar-refractivity contribution in [3.63, 3.8) is 0 Å². The molecular formula is C22H21ClFN5O3S3. The minimum Gasteiger partial charge on any atom is -0.286 e. The first-order valence-electron chi connectivity index (χ1n) is 10.9. The number of hydrogen-bond donors (Lipinski definition) is 0. The van der Waals surface area contributed by atoms with Gasteiger partial charge in [-0.25, -0.2) is 17.8 Å². The molecular weight excluding hydrogens is 533 g/mol. The molecule has 1 saturated heterocycles. The van der Waals surface area contributed by atoms with Crippen LogP contribution in [0.1, 0.15) is 12.8 Å². The molecule has 1 aromatic carbocycles. The fraction of sp³-hybridized carbons (Fsp3) is 0.318. The van der Waals surface area contributed by atoms with E-state index in [4.69, 9.17) is 11.6 Å². The number of piperidine rings is 1. The van der Waals surface area contributed by atoms with E-state index in [1.807, 2.05) is 0 Å². The molecule has 0 N–H and O–H groups in total. The Bertz CT molecular complexity index is 1450. The number of anilines is 1. The third-order valence-corrected chi connectivity index (χ3v) is 10.5. The second-order valence-corrected chi connectivity index (χ2v) is 13.0. The number of benzene rings is 1. The first-order chi connectivity index (χ1) is 16.8. The van der Waals surface area contributed by atoms with Crippen molar-refractivity contribution in [3.05, 3.63) is 58.9 Å². The molecule has 8 nitrogen and oxygen atoms in total. The van der Waals surface area contributed by atoms with Gasteiger partial charge in [-0.3, -0.25) is 14.4 Å². The van der Waals surface area contributed by atoms with E-state index < -0.39 is 21.8 Å². The van der Waals surface area contributed by atoms with Crippen LogP contribution in [0.25, 0.3) is 10.2 Å². The van der Waals surface area contributed by atoms with Crippen molar-refractivity contribution < 1.29 is 17.6 Å². The van der Waals surface area contributed by atoms with E-state index in [1.54, 1.807) is 41.3 Å². The second-order valence-electron chi connectivity index (χ2n) is 8.10. The quantitative estimate of drug-likeness (QED) is 0.337. The fourth-order valence-corrected chi connectivity index (χ4v) is 8.27. The molecule has 1 atom stereocenters. The van der Waals surface area contributed by atoms with Gasteiger partial charge in [0.1, 0.15) is 15.5 Å². The van der Waals surface area contributed by atoms with E-state index in [1.165, 1.54) is 32.7 Å². The van der Waals surface area contributed by atoms with Gasteiger partial charge in [0.25, 0.3) is 10.0 Å². The Morgan fingerprint density at radius 1 is 1.23 bits per heavy atom. The lowest BCUT2D eigenvalue weighted by Gasteiger charge is -2.33. The molecule has 1 aliphatic heterocycles. The van der Waals surface area contributed by atoms with Crippen LogP contribution in [0.3, 0.4) is 0 Å². The summed E-state index contributed by atoms with van der Waals surface area (Å²) in [6, 6.07) is 9.53. The molecule has 1 amide bonds. The van der Waals surface area contributed by atoms with Crippen LogP contribution in [-0.2, 0) is 21.4 Å². The van der Waals surface area contributed by atoms with Gasteiger partial charge in [0.15, 0.2) is 5.13 Å². The van der Waals surface area contributed by atoms with Gasteiger partial charge in [0, 0.05) is 32.0 Å². The topological polar surface area (TPSA) is 88.4 Å². The van der Waals surface area contributed by atoms with E-state index in [9.17, 15) is 17.6 Å². The Labute approximate surface area is 214 Å². The number of rotatable bonds is 7. The summed E-state index contributed by atoms with van der Waals surface area (Å²) in [5, 5.41) is 4.58. The number of thiazole rings is 1. The highest BCUT2D eigenvalue weighted by Crippen LogP contribution is 2.34. The number of carbonyl (C=O) groups is 1. The van der Waals surface area contributed by atoms with Gasteiger partial charge in [-0.15, -0.1) is 11.3 Å². The summed E-state index contributed by atoms with van der Waals surface area (Å²) in [7, 11) is -3.75. The SMILES string of the molecule is O=C(C1CCCN(S(=O)(=O)c2ccc(Cl)s2)C1)N(CCn1cccn1)c1nc2c(F)cccc2s1. The van der Waals surface area contributed by atoms with E-state index in [0.717, 1.165) is 11.3 Å². The lowest BCUT2D eigenvalue weighted by atomic mass is 9.98. The zero-order valence-electron chi connectivity index (χ0n) is 18.4. The molecule has 35 heavy (non-hydrogen) atoms. The highest BCUT2D eigenvalue weighted by Gasteiger charge is 2.36. The molecule has 0 spiro atoms. The van der Waals surface area contributed by atoms with E-state index in [-0.39, 0.29) is 28.7 Å². The molecule has 0 bridgehead atoms. The molecule has 4 heterocycles. The van der Waals surface area contributed by atoms with Crippen molar-refractivity contribution in [2.75, 3.05) is 24.5 Å². The summed E-state index contributed by atoms with van der Waals surface area (Å²) in [4.78, 5) is 19.7. The predicted molar refractivity (Wildman–Crippen MR) is 135 cm³/mol. The number of nitrogens with zero attached hydrogens (tertiary/aromatic N) is 5. The van der Waals surface area contributed by atoms with E-state index in [2.05, 4.69) is 10.1 Å². The van der Waals surface area contributed by atoms with Gasteiger partial charge < -0.3 is 0 Å². The van der Waals surface area contributed by atoms with Crippen molar-refractivity contribution in [2.45, 2.75) is 23.6 Å². The molecule has 184 valence electrons. The van der Waals surface area contributed by atoms with Crippen LogP contribution in [0.15, 0.2) is 53.0 Å². The molecule has 13 heteroatoms. The van der Waals surface area contributed by atoms with Gasteiger partial charge in [-0.2, -0.15) is 9.40 Å². The van der Waals surface area contributed by atoms with Gasteiger partial charge in [-0.05, 0) is 43.2 Å². The highest BCUT2D eigenvalue weighted by molar-refractivity contribution is 7.91. The Morgan fingerprint density at radius 3 is 2.80 bits per heavy atom. The summed E-state index contributed by atoms with van der Waals surface area (Å²) in [5.74, 6) is -1.24. The summed E-state index contributed by atoms with van der Waals surface area (Å²) in [5.41, 5.74) is 0.215. The Balaban J connectivity index is 1.42. The van der Waals surface area contributed by atoms with Crippen LogP contribution in [0, 0.1) is 11.7 Å². The molecule has 1 unspecified atom stereocenters. The van der Waals surface area contributed by atoms with E-state index >= 15 is 0 Å². The van der Waals surface area contributed by atoms with Crippen LogP contribution in [-0.4, -0.2) is 53.0 Å². The average molecular weight is 554 g/mol. The number of para-hydroxylation sites is 1. The number of fused-ring (bicyclic) bond motifs is 1. The highest BCUT2D eigenvalue weighted by atomic mass is 35.5. The number of aromatic nitrogens is 3. The molecule has 1 aliphatic rings. The summed E-state index contributed by atoms with van der Waals surface area (Å²) < 4.78 is 44.8. The number of thiophene rings is 1. The minimum atomic E-state index is -3.75. The molecule has 4 aromatic rings. The largest absolute Gasteiger partial charge is 0.286 e. The number of carbonyl (C=O) groups excluding carboxylic acids is 1. The number of amides is 1. The number of hydrogen-bond acceptors (Lipinski definition) is 7. The van der Waals surface area contributed by atoms with E-state index in [0.29, 0.717) is 40.1 Å². The molecule has 0 saturated carbocycles. The normalized spacial score (nSPS) is 17.1. The van der Waals surface area contributed by atoms with Crippen molar-refractivity contribution in [2.24, 2.45) is 5.92 Å². The zero-order chi connectivity index (χ0) is 24.6. The van der Waals surface area contributed by atoms with Gasteiger partial charge in [-0.1, -0.05) is 29.0 Å². The standard InChI is InChI=1S/C22H21ClFN5O3S3/c23-18-7-8-19(34-18)35(31,32)28-11-2-4-15(14-28)21(30)29(13-12-27-10-3-9-25-27)22-26-20-16(24)5-1-6-17(20)33-22/h1,3,5-10,15H,2,4,11-14H2. The van der Waals surface area contributed by atoms with Crippen molar-refractivity contribution >= 4 is 65.6 Å². The van der Waals surface area contributed by atoms with Crippen LogP contribution in [0.5, 0.6) is 0 Å². The summed E-state index contributed by atoms with van der Waals surface area (Å²) >= 11 is 8.18. The zero-order valence-corrected chi connectivity index (χ0v) is 21.6. The van der Waals surface area contributed by atoms with Crippen LogP contribution in [0.2, 0.25) is 4.34 Å². The van der Waals surface area contributed by atoms with Crippen molar-refractivity contribution in [1.82, 2.24) is 19.1 Å². The van der Waals surface area contributed by atoms with Crippen LogP contribution < -0.4 is 4.90 Å². The average Bonchev–Trinajstić information content (AvgIpc) is 3.61. The minimum absolute atomic E-state index is 0.0637. The lowest BCUT2D eigenvalue weighted by molar-refractivity contribution is -0.123. The van der Waals surface area contributed by atoms with Gasteiger partial charge >= 0.3 is 0 Å². The van der Waals surface area contributed by atoms with Crippen LogP contribution >= 0.6 is 34.3 Å². The first-order valence-corrected chi connectivity index (χ1v) is 14.4. The summed E-state index contributed by atoms with van der Waals surface area (Å²) in [6.07, 6.45) is 4.55. The second kappa shape index (κ2) is 9.94. The molecule has 0 radical (unpaired) electrons. The maximum Gasteiger partial charge on any atom is 0.252 e. The molecule has 0 aliphatic carbocycles. The Morgan fingerprint density at radius 2 is 2.09 bits per heavy atom. The number of sulfonamides is 1. The monoisotopic (exact) mass is 553 g/mol. The fourth-order valence-electron chi connectivity index (χ4n) is 4.10. The molecule has 1 fully saturated rings. The Hall–Kier alpha value is -2.38. The Kier molecular flexibility index (Phi) is 6.91. The van der Waals surface area contributed by atoms with Gasteiger partial charge in [0.2, 0.25) is 5.91 Å². The van der Waals surface area contributed by atoms with Crippen molar-refractivity contribution in [3.8, 4) is 0 Å². The molecule has 5 rings (SSSR count). The lowest BCUT2D eigenvalue weighted by Crippen LogP contribution is -2.47. The van der Waals surface area contributed by atoms with Crippen molar-refractivity contribution in [1.29, 1.82) is 0 Å². The maximum absolute atomic E-state index is 14.3. The first kappa shape index (κ1) is 24.3. The smallest absolute Gasteiger partial charge is 0.252 e. The third-order valence-electron chi connectivity index (χ3n) is 5.84. The van der Waals surface area contributed by atoms with Gasteiger partial charge in [0.05, 0.1) is 21.5 Å². The van der Waals surface area contributed by atoms with Crippen LogP contribution in [0.4, 0.5) is 9.52 Å².